The van der Waals surface area contributed by atoms with E-state index >= 15 is 0 Å². The Morgan fingerprint density at radius 3 is 3.12 bits per heavy atom. The summed E-state index contributed by atoms with van der Waals surface area (Å²) in [7, 11) is 0. The number of rotatable bonds is 2. The zero-order valence-electron chi connectivity index (χ0n) is 4.76. The Morgan fingerprint density at radius 1 is 1.75 bits per heavy atom. The van der Waals surface area contributed by atoms with Crippen LogP contribution in [0.25, 0.3) is 0 Å². The quantitative estimate of drug-likeness (QED) is 0.404. The van der Waals surface area contributed by atoms with Crippen molar-refractivity contribution in [2.24, 2.45) is 5.10 Å². The van der Waals surface area contributed by atoms with Gasteiger partial charge in [0, 0.05) is 13.3 Å². The normalized spacial score (nSPS) is 27.8. The van der Waals surface area contributed by atoms with Gasteiger partial charge in [0.15, 0.2) is 0 Å². The zero-order chi connectivity index (χ0) is 5.82. The summed E-state index contributed by atoms with van der Waals surface area (Å²) < 4.78 is 5.06. The second-order valence-corrected chi connectivity index (χ2v) is 1.85. The molecule has 0 amide bonds. The van der Waals surface area contributed by atoms with Crippen molar-refractivity contribution in [3.63, 3.8) is 0 Å². The maximum atomic E-state index is 5.06. The largest absolute Gasteiger partial charge is 0.379 e. The van der Waals surface area contributed by atoms with Crippen LogP contribution < -0.4 is 5.43 Å². The highest BCUT2D eigenvalue weighted by Gasteiger charge is 2.12. The summed E-state index contributed by atoms with van der Waals surface area (Å²) in [6.45, 7) is 4.94. The summed E-state index contributed by atoms with van der Waals surface area (Å²) in [5.41, 5.74) is 2.83. The molecule has 46 valence electrons. The molecule has 0 radical (unpaired) electrons. The fourth-order valence-electron chi connectivity index (χ4n) is 0.765. The van der Waals surface area contributed by atoms with Crippen molar-refractivity contribution < 1.29 is 4.74 Å². The smallest absolute Gasteiger partial charge is 0.0695 e. The Balaban J connectivity index is 2.14. The minimum absolute atomic E-state index is 0.410. The molecule has 0 saturated carbocycles. The van der Waals surface area contributed by atoms with Gasteiger partial charge in [-0.2, -0.15) is 5.10 Å². The molecule has 1 atom stereocenters. The van der Waals surface area contributed by atoms with Gasteiger partial charge in [0.1, 0.15) is 0 Å². The molecule has 3 heteroatoms. The van der Waals surface area contributed by atoms with Crippen molar-refractivity contribution in [2.45, 2.75) is 12.5 Å². The van der Waals surface area contributed by atoms with E-state index in [-0.39, 0.29) is 0 Å². The lowest BCUT2D eigenvalue weighted by Crippen LogP contribution is -2.23. The second-order valence-electron chi connectivity index (χ2n) is 1.85. The van der Waals surface area contributed by atoms with Gasteiger partial charge in [-0.3, -0.25) is 0 Å². The van der Waals surface area contributed by atoms with Crippen LogP contribution in [0.2, 0.25) is 0 Å². The molecular weight excluding hydrogens is 104 g/mol. The Bertz CT molecular complexity index is 78.5. The molecule has 1 rings (SSSR count). The second kappa shape index (κ2) is 2.67. The molecule has 1 fully saturated rings. The topological polar surface area (TPSA) is 33.6 Å². The molecule has 0 aromatic heterocycles. The molecule has 0 aliphatic carbocycles. The standard InChI is InChI=1S/C5H10N2O/c1-6-7-5-2-3-8-4-5/h5,7H,1-4H2/t5-/m0/s1. The van der Waals surface area contributed by atoms with Crippen LogP contribution in [0.5, 0.6) is 0 Å². The van der Waals surface area contributed by atoms with Gasteiger partial charge in [0.2, 0.25) is 0 Å². The molecular formula is C5H10N2O. The molecule has 3 nitrogen and oxygen atoms in total. The maximum absolute atomic E-state index is 5.06. The SMILES string of the molecule is C=NN[C@H]1CCOC1. The highest BCUT2D eigenvalue weighted by molar-refractivity contribution is 5.22. The van der Waals surface area contributed by atoms with Gasteiger partial charge in [0.05, 0.1) is 12.6 Å². The van der Waals surface area contributed by atoms with Gasteiger partial charge < -0.3 is 10.2 Å². The van der Waals surface area contributed by atoms with Gasteiger partial charge in [-0.15, -0.1) is 0 Å². The minimum atomic E-state index is 0.410. The molecule has 0 aromatic rings. The first-order valence-corrected chi connectivity index (χ1v) is 2.72. The average molecular weight is 114 g/mol. The average Bonchev–Trinajstić information content (AvgIpc) is 2.19. The predicted octanol–water partition coefficient (Wildman–Crippen LogP) is -0.0195. The predicted molar refractivity (Wildman–Crippen MR) is 31.9 cm³/mol. The third kappa shape index (κ3) is 1.20. The molecule has 1 aliphatic heterocycles. The number of hydrogen-bond acceptors (Lipinski definition) is 3. The van der Waals surface area contributed by atoms with Crippen molar-refractivity contribution in [1.82, 2.24) is 5.43 Å². The fourth-order valence-corrected chi connectivity index (χ4v) is 0.765. The van der Waals surface area contributed by atoms with Crippen LogP contribution in [0.4, 0.5) is 0 Å². The third-order valence-electron chi connectivity index (χ3n) is 1.20. The van der Waals surface area contributed by atoms with E-state index in [2.05, 4.69) is 17.2 Å². The van der Waals surface area contributed by atoms with Crippen LogP contribution in [0.15, 0.2) is 5.10 Å². The lowest BCUT2D eigenvalue weighted by atomic mass is 10.3. The van der Waals surface area contributed by atoms with E-state index in [0.717, 1.165) is 19.6 Å². The lowest BCUT2D eigenvalue weighted by Gasteiger charge is -2.02. The first-order valence-electron chi connectivity index (χ1n) is 2.72. The molecule has 0 unspecified atom stereocenters. The summed E-state index contributed by atoms with van der Waals surface area (Å²) in [5.74, 6) is 0. The monoisotopic (exact) mass is 114 g/mol. The molecule has 1 heterocycles. The summed E-state index contributed by atoms with van der Waals surface area (Å²) in [5, 5.41) is 3.54. The van der Waals surface area contributed by atoms with Crippen LogP contribution in [-0.2, 0) is 4.74 Å². The molecule has 0 spiro atoms. The van der Waals surface area contributed by atoms with E-state index in [1.807, 2.05) is 0 Å². The van der Waals surface area contributed by atoms with Crippen molar-refractivity contribution in [2.75, 3.05) is 13.2 Å². The summed E-state index contributed by atoms with van der Waals surface area (Å²) >= 11 is 0. The van der Waals surface area contributed by atoms with Gasteiger partial charge in [-0.1, -0.05) is 0 Å². The molecule has 1 aliphatic rings. The first kappa shape index (κ1) is 5.56. The maximum Gasteiger partial charge on any atom is 0.0695 e. The Hall–Kier alpha value is -0.570. The van der Waals surface area contributed by atoms with Crippen molar-refractivity contribution in [3.05, 3.63) is 0 Å². The molecule has 0 bridgehead atoms. The Kier molecular flexibility index (Phi) is 1.86. The fraction of sp³-hybridized carbons (Fsp3) is 0.800. The number of hydrogen-bond donors (Lipinski definition) is 1. The summed E-state index contributed by atoms with van der Waals surface area (Å²) in [4.78, 5) is 0. The third-order valence-corrected chi connectivity index (χ3v) is 1.20. The van der Waals surface area contributed by atoms with Crippen LogP contribution >= 0.6 is 0 Å². The molecule has 8 heavy (non-hydrogen) atoms. The first-order chi connectivity index (χ1) is 3.93. The van der Waals surface area contributed by atoms with Crippen molar-refractivity contribution in [1.29, 1.82) is 0 Å². The Labute approximate surface area is 48.7 Å². The molecule has 1 N–H and O–H groups in total. The number of hydrazone groups is 1. The van der Waals surface area contributed by atoms with E-state index in [0.29, 0.717) is 6.04 Å². The van der Waals surface area contributed by atoms with Crippen LogP contribution in [0.1, 0.15) is 6.42 Å². The Morgan fingerprint density at radius 2 is 2.62 bits per heavy atom. The zero-order valence-corrected chi connectivity index (χ0v) is 4.76. The van der Waals surface area contributed by atoms with E-state index in [1.54, 1.807) is 0 Å². The van der Waals surface area contributed by atoms with E-state index in [9.17, 15) is 0 Å². The van der Waals surface area contributed by atoms with Gasteiger partial charge in [-0.25, -0.2) is 0 Å². The highest BCUT2D eigenvalue weighted by Crippen LogP contribution is 2.01. The van der Waals surface area contributed by atoms with Gasteiger partial charge in [-0.05, 0) is 6.42 Å². The lowest BCUT2D eigenvalue weighted by molar-refractivity contribution is 0.190. The number of nitrogens with one attached hydrogen (secondary N) is 1. The van der Waals surface area contributed by atoms with Gasteiger partial charge >= 0.3 is 0 Å². The molecule has 0 aromatic carbocycles. The number of nitrogens with zero attached hydrogens (tertiary/aromatic N) is 1. The minimum Gasteiger partial charge on any atom is -0.379 e. The molecule has 1 saturated heterocycles. The highest BCUT2D eigenvalue weighted by atomic mass is 16.5. The number of ether oxygens (including phenoxy) is 1. The van der Waals surface area contributed by atoms with Crippen LogP contribution in [0, 0.1) is 0 Å². The summed E-state index contributed by atoms with van der Waals surface area (Å²) in [6, 6.07) is 0.410. The van der Waals surface area contributed by atoms with Crippen molar-refractivity contribution >= 4 is 6.72 Å². The van der Waals surface area contributed by atoms with E-state index in [4.69, 9.17) is 4.74 Å². The summed E-state index contributed by atoms with van der Waals surface area (Å²) in [6.07, 6.45) is 1.05. The van der Waals surface area contributed by atoms with E-state index in [1.165, 1.54) is 0 Å². The van der Waals surface area contributed by atoms with Crippen LogP contribution in [0.3, 0.4) is 0 Å². The van der Waals surface area contributed by atoms with Gasteiger partial charge in [0.25, 0.3) is 0 Å². The van der Waals surface area contributed by atoms with Crippen LogP contribution in [-0.4, -0.2) is 26.0 Å². The van der Waals surface area contributed by atoms with E-state index < -0.39 is 0 Å². The van der Waals surface area contributed by atoms with Crippen molar-refractivity contribution in [3.8, 4) is 0 Å².